The van der Waals surface area contributed by atoms with Crippen molar-refractivity contribution in [3.8, 4) is 0 Å². The highest BCUT2D eigenvalue weighted by molar-refractivity contribution is 6.33. The highest BCUT2D eigenvalue weighted by atomic mass is 35.5. The number of amides is 2. The number of nitro groups is 1. The van der Waals surface area contributed by atoms with E-state index in [1.165, 1.54) is 24.1 Å². The van der Waals surface area contributed by atoms with Gasteiger partial charge in [-0.2, -0.15) is 0 Å². The van der Waals surface area contributed by atoms with Crippen molar-refractivity contribution in [2.75, 3.05) is 50.1 Å². The number of hydrogen-bond donors (Lipinski definition) is 1. The monoisotopic (exact) mass is 432 g/mol. The maximum atomic E-state index is 13.1. The minimum atomic E-state index is -0.552. The van der Waals surface area contributed by atoms with E-state index in [9.17, 15) is 19.7 Å². The number of para-hydroxylation sites is 1. The summed E-state index contributed by atoms with van der Waals surface area (Å²) in [5.41, 5.74) is 0.991. The van der Waals surface area contributed by atoms with Gasteiger partial charge in [0.2, 0.25) is 5.91 Å². The van der Waals surface area contributed by atoms with Crippen LogP contribution >= 0.6 is 11.6 Å². The number of carbonyl (C=O) groups is 2. The molecule has 1 N–H and O–H groups in total. The van der Waals surface area contributed by atoms with Gasteiger partial charge in [0.1, 0.15) is 0 Å². The zero-order valence-electron chi connectivity index (χ0n) is 16.3. The van der Waals surface area contributed by atoms with Crippen LogP contribution in [0.5, 0.6) is 0 Å². The molecule has 0 aromatic heterocycles. The molecule has 30 heavy (non-hydrogen) atoms. The smallest absolute Gasteiger partial charge is 0.270 e. The number of nitrogens with zero attached hydrogens (tertiary/aromatic N) is 3. The number of anilines is 2. The van der Waals surface area contributed by atoms with Gasteiger partial charge in [-0.3, -0.25) is 19.7 Å². The van der Waals surface area contributed by atoms with Gasteiger partial charge in [-0.15, -0.1) is 0 Å². The van der Waals surface area contributed by atoms with Crippen molar-refractivity contribution in [3.05, 3.63) is 63.2 Å². The van der Waals surface area contributed by atoms with Gasteiger partial charge in [0.15, 0.2) is 0 Å². The van der Waals surface area contributed by atoms with Crippen LogP contribution in [0.4, 0.5) is 17.1 Å². The van der Waals surface area contributed by atoms with Crippen LogP contribution in [0.3, 0.4) is 0 Å². The van der Waals surface area contributed by atoms with Crippen LogP contribution in [0.1, 0.15) is 10.4 Å². The maximum absolute atomic E-state index is 13.1. The summed E-state index contributed by atoms with van der Waals surface area (Å²) in [5.74, 6) is -0.924. The van der Waals surface area contributed by atoms with Crippen molar-refractivity contribution in [1.29, 1.82) is 0 Å². The first-order valence-electron chi connectivity index (χ1n) is 9.28. The standard InChI is InChI=1S/C20H21ClN4O5/c1-23(13-19(26)22-17-5-3-2-4-16(17)21)20(27)15-12-14(25(28)29)6-7-18(15)24-8-10-30-11-9-24/h2-7,12H,8-11,13H2,1H3,(H,22,26). The molecule has 9 nitrogen and oxygen atoms in total. The molecule has 0 spiro atoms. The molecule has 158 valence electrons. The maximum Gasteiger partial charge on any atom is 0.270 e. The van der Waals surface area contributed by atoms with E-state index in [-0.39, 0.29) is 17.8 Å². The summed E-state index contributed by atoms with van der Waals surface area (Å²) in [7, 11) is 1.47. The van der Waals surface area contributed by atoms with Gasteiger partial charge in [0.25, 0.3) is 11.6 Å². The summed E-state index contributed by atoms with van der Waals surface area (Å²) in [6.45, 7) is 1.89. The molecule has 1 heterocycles. The average Bonchev–Trinajstić information content (AvgIpc) is 2.75. The molecule has 0 unspecified atom stereocenters. The molecule has 0 atom stereocenters. The van der Waals surface area contributed by atoms with Crippen LogP contribution in [-0.4, -0.2) is 61.5 Å². The Morgan fingerprint density at radius 3 is 2.60 bits per heavy atom. The number of morpholine rings is 1. The number of likely N-dealkylation sites (N-methyl/N-ethyl adjacent to an activating group) is 1. The minimum Gasteiger partial charge on any atom is -0.378 e. The minimum absolute atomic E-state index is 0.166. The lowest BCUT2D eigenvalue weighted by Crippen LogP contribution is -2.39. The number of rotatable bonds is 6. The fourth-order valence-corrected chi connectivity index (χ4v) is 3.32. The van der Waals surface area contributed by atoms with Gasteiger partial charge in [0, 0.05) is 32.3 Å². The lowest BCUT2D eigenvalue weighted by molar-refractivity contribution is -0.384. The lowest BCUT2D eigenvalue weighted by Gasteiger charge is -2.31. The first kappa shape index (κ1) is 21.5. The van der Waals surface area contributed by atoms with Crippen molar-refractivity contribution in [3.63, 3.8) is 0 Å². The first-order valence-corrected chi connectivity index (χ1v) is 9.65. The van der Waals surface area contributed by atoms with E-state index in [2.05, 4.69) is 5.32 Å². The summed E-state index contributed by atoms with van der Waals surface area (Å²) in [5, 5.41) is 14.3. The zero-order chi connectivity index (χ0) is 21.7. The van der Waals surface area contributed by atoms with Crippen LogP contribution in [0, 0.1) is 10.1 Å². The number of carbonyl (C=O) groups excluding carboxylic acids is 2. The summed E-state index contributed by atoms with van der Waals surface area (Å²) in [6.07, 6.45) is 0. The van der Waals surface area contributed by atoms with E-state index in [1.807, 2.05) is 4.90 Å². The molecule has 1 fully saturated rings. The number of benzene rings is 2. The van der Waals surface area contributed by atoms with E-state index < -0.39 is 16.7 Å². The van der Waals surface area contributed by atoms with Gasteiger partial charge in [-0.05, 0) is 18.2 Å². The fourth-order valence-electron chi connectivity index (χ4n) is 3.13. The molecule has 1 aliphatic rings. The Morgan fingerprint density at radius 1 is 1.23 bits per heavy atom. The largest absolute Gasteiger partial charge is 0.378 e. The van der Waals surface area contributed by atoms with Crippen molar-refractivity contribution < 1.29 is 19.2 Å². The number of halogens is 1. The number of ether oxygens (including phenoxy) is 1. The Labute approximate surface area is 178 Å². The highest BCUT2D eigenvalue weighted by Crippen LogP contribution is 2.27. The van der Waals surface area contributed by atoms with Crippen LogP contribution in [0.15, 0.2) is 42.5 Å². The van der Waals surface area contributed by atoms with Gasteiger partial charge < -0.3 is 19.9 Å². The third-order valence-electron chi connectivity index (χ3n) is 4.65. The fraction of sp³-hybridized carbons (Fsp3) is 0.300. The third-order valence-corrected chi connectivity index (χ3v) is 4.98. The van der Waals surface area contributed by atoms with E-state index >= 15 is 0 Å². The molecule has 2 aromatic rings. The highest BCUT2D eigenvalue weighted by Gasteiger charge is 2.25. The Bertz CT molecular complexity index is 962. The lowest BCUT2D eigenvalue weighted by atomic mass is 10.1. The normalized spacial score (nSPS) is 13.6. The predicted octanol–water partition coefficient (Wildman–Crippen LogP) is 2.80. The Balaban J connectivity index is 1.79. The van der Waals surface area contributed by atoms with E-state index in [1.54, 1.807) is 30.3 Å². The van der Waals surface area contributed by atoms with Crippen LogP contribution in [0.25, 0.3) is 0 Å². The van der Waals surface area contributed by atoms with Crippen molar-refractivity contribution in [1.82, 2.24) is 4.90 Å². The van der Waals surface area contributed by atoms with Gasteiger partial charge in [-0.25, -0.2) is 0 Å². The third kappa shape index (κ3) is 5.05. The second kappa shape index (κ2) is 9.55. The molecule has 1 saturated heterocycles. The number of non-ortho nitro benzene ring substituents is 1. The molecule has 2 aromatic carbocycles. The Hall–Kier alpha value is -3.17. The zero-order valence-corrected chi connectivity index (χ0v) is 17.1. The average molecular weight is 433 g/mol. The van der Waals surface area contributed by atoms with Gasteiger partial charge in [0.05, 0.1) is 46.6 Å². The van der Waals surface area contributed by atoms with E-state index in [4.69, 9.17) is 16.3 Å². The molecular formula is C20H21ClN4O5. The SMILES string of the molecule is CN(CC(=O)Nc1ccccc1Cl)C(=O)c1cc([N+](=O)[O-])ccc1N1CCOCC1. The molecule has 10 heteroatoms. The topological polar surface area (TPSA) is 105 Å². The van der Waals surface area contributed by atoms with Crippen molar-refractivity contribution >= 4 is 40.5 Å². The molecule has 0 bridgehead atoms. The molecular weight excluding hydrogens is 412 g/mol. The molecule has 0 saturated carbocycles. The van der Waals surface area contributed by atoms with Crippen molar-refractivity contribution in [2.24, 2.45) is 0 Å². The number of nitrogens with one attached hydrogen (secondary N) is 1. The molecule has 1 aliphatic heterocycles. The van der Waals surface area contributed by atoms with E-state index in [0.29, 0.717) is 42.7 Å². The van der Waals surface area contributed by atoms with Crippen LogP contribution in [0.2, 0.25) is 5.02 Å². The molecule has 0 radical (unpaired) electrons. The summed E-state index contributed by atoms with van der Waals surface area (Å²) in [6, 6.07) is 10.9. The Morgan fingerprint density at radius 2 is 1.93 bits per heavy atom. The second-order valence-electron chi connectivity index (χ2n) is 6.75. The van der Waals surface area contributed by atoms with Crippen LogP contribution in [-0.2, 0) is 9.53 Å². The summed E-state index contributed by atoms with van der Waals surface area (Å²) >= 11 is 6.04. The second-order valence-corrected chi connectivity index (χ2v) is 7.15. The molecule has 2 amide bonds. The molecule has 3 rings (SSSR count). The summed E-state index contributed by atoms with van der Waals surface area (Å²) < 4.78 is 5.34. The van der Waals surface area contributed by atoms with Gasteiger partial charge >= 0.3 is 0 Å². The molecule has 0 aliphatic carbocycles. The quantitative estimate of drug-likeness (QED) is 0.556. The van der Waals surface area contributed by atoms with Crippen LogP contribution < -0.4 is 10.2 Å². The summed E-state index contributed by atoms with van der Waals surface area (Å²) in [4.78, 5) is 39.3. The predicted molar refractivity (Wildman–Crippen MR) is 113 cm³/mol. The van der Waals surface area contributed by atoms with E-state index in [0.717, 1.165) is 0 Å². The number of hydrogen-bond acceptors (Lipinski definition) is 6. The Kier molecular flexibility index (Phi) is 6.86. The van der Waals surface area contributed by atoms with Gasteiger partial charge in [-0.1, -0.05) is 23.7 Å². The number of nitro benzene ring substituents is 1. The first-order chi connectivity index (χ1) is 14.4. The van der Waals surface area contributed by atoms with Crippen molar-refractivity contribution in [2.45, 2.75) is 0 Å².